The molecule has 0 amide bonds. The first-order chi connectivity index (χ1) is 8.29. The highest BCUT2D eigenvalue weighted by Crippen LogP contribution is 2.25. The predicted molar refractivity (Wildman–Crippen MR) is 76.6 cm³/mol. The molecule has 0 aliphatic carbocycles. The summed E-state index contributed by atoms with van der Waals surface area (Å²) in [6.07, 6.45) is 7.05. The van der Waals surface area contributed by atoms with Gasteiger partial charge in [-0.3, -0.25) is 0 Å². The molecule has 1 aromatic heterocycles. The lowest BCUT2D eigenvalue weighted by Gasteiger charge is -2.03. The molecule has 0 saturated carbocycles. The van der Waals surface area contributed by atoms with Gasteiger partial charge in [0.1, 0.15) is 16.6 Å². The number of nitrogens with zero attached hydrogens (tertiary/aromatic N) is 2. The molecule has 0 bridgehead atoms. The Bertz CT molecular complexity index is 370. The van der Waals surface area contributed by atoms with Gasteiger partial charge in [-0.1, -0.05) is 12.8 Å². The average Bonchev–Trinajstić information content (AvgIpc) is 2.69. The Morgan fingerprint density at radius 2 is 2.18 bits per heavy atom. The van der Waals surface area contributed by atoms with Gasteiger partial charge in [0, 0.05) is 6.54 Å². The summed E-state index contributed by atoms with van der Waals surface area (Å²) >= 11 is 3.16. The number of anilines is 2. The lowest BCUT2D eigenvalue weighted by atomic mass is 10.2. The molecule has 0 aliphatic heterocycles. The van der Waals surface area contributed by atoms with Crippen LogP contribution in [0.2, 0.25) is 0 Å². The molecule has 0 fully saturated rings. The predicted octanol–water partition coefficient (Wildman–Crippen LogP) is 2.93. The maximum Gasteiger partial charge on any atom is 0.157 e. The van der Waals surface area contributed by atoms with Crippen LogP contribution in [0.5, 0.6) is 0 Å². The molecule has 0 saturated heterocycles. The average molecular weight is 270 g/mol. The second-order valence-corrected chi connectivity index (χ2v) is 5.48. The van der Waals surface area contributed by atoms with Crippen LogP contribution in [-0.2, 0) is 0 Å². The number of unbranched alkanes of at least 4 members (excludes halogenated alkanes) is 3. The molecule has 94 valence electrons. The Morgan fingerprint density at radius 3 is 2.88 bits per heavy atom. The Balaban J connectivity index is 2.16. The number of hydrogen-bond donors (Lipinski definition) is 2. The molecule has 0 aromatic carbocycles. The zero-order valence-corrected chi connectivity index (χ0v) is 11.7. The second-order valence-electron chi connectivity index (χ2n) is 3.72. The van der Waals surface area contributed by atoms with Gasteiger partial charge < -0.3 is 11.1 Å². The fraction of sp³-hybridized carbons (Fsp3) is 0.636. The van der Waals surface area contributed by atoms with Crippen LogP contribution < -0.4 is 11.1 Å². The highest BCUT2D eigenvalue weighted by molar-refractivity contribution is 7.98. The molecule has 4 nitrogen and oxygen atoms in total. The normalized spacial score (nSPS) is 10.1. The van der Waals surface area contributed by atoms with Crippen molar-refractivity contribution in [2.75, 3.05) is 29.6 Å². The molecule has 0 spiro atoms. The topological polar surface area (TPSA) is 74.7 Å². The molecule has 0 unspecified atom stereocenters. The maximum atomic E-state index is 8.88. The van der Waals surface area contributed by atoms with Crippen LogP contribution in [0, 0.1) is 11.3 Å². The first-order valence-electron chi connectivity index (χ1n) is 5.67. The van der Waals surface area contributed by atoms with Crippen molar-refractivity contribution in [2.45, 2.75) is 25.7 Å². The minimum atomic E-state index is 0.333. The smallest absolute Gasteiger partial charge is 0.157 e. The molecule has 1 aromatic rings. The number of aromatic nitrogens is 1. The van der Waals surface area contributed by atoms with Crippen molar-refractivity contribution < 1.29 is 0 Å². The summed E-state index contributed by atoms with van der Waals surface area (Å²) in [5.41, 5.74) is 6.06. The van der Waals surface area contributed by atoms with Crippen molar-refractivity contribution in [2.24, 2.45) is 0 Å². The minimum absolute atomic E-state index is 0.333. The molecular formula is C11H18N4S2. The van der Waals surface area contributed by atoms with Gasteiger partial charge in [-0.15, -0.1) is 0 Å². The van der Waals surface area contributed by atoms with Crippen LogP contribution in [0.1, 0.15) is 31.2 Å². The van der Waals surface area contributed by atoms with Gasteiger partial charge in [0.2, 0.25) is 0 Å². The van der Waals surface area contributed by atoms with E-state index in [-0.39, 0.29) is 0 Å². The molecule has 1 rings (SSSR count). The number of rotatable bonds is 8. The molecule has 1 heterocycles. The van der Waals surface area contributed by atoms with Crippen LogP contribution in [0.25, 0.3) is 0 Å². The van der Waals surface area contributed by atoms with E-state index in [9.17, 15) is 0 Å². The number of nitrogen functional groups attached to an aromatic ring is 1. The molecular weight excluding hydrogens is 252 g/mol. The monoisotopic (exact) mass is 270 g/mol. The second kappa shape index (κ2) is 8.20. The minimum Gasteiger partial charge on any atom is -0.382 e. The highest BCUT2D eigenvalue weighted by atomic mass is 32.2. The van der Waals surface area contributed by atoms with Crippen molar-refractivity contribution >= 4 is 34.1 Å². The van der Waals surface area contributed by atoms with Gasteiger partial charge in [-0.2, -0.15) is 21.4 Å². The van der Waals surface area contributed by atoms with Crippen molar-refractivity contribution in [1.82, 2.24) is 4.37 Å². The lowest BCUT2D eigenvalue weighted by Crippen LogP contribution is -2.01. The van der Waals surface area contributed by atoms with Crippen molar-refractivity contribution in [3.63, 3.8) is 0 Å². The standard InChI is InChI=1S/C11H18N4S2/c1-16-7-5-3-2-4-6-14-11-9(8-12)10(13)15-17-11/h14H,2-7H2,1H3,(H2,13,15). The number of nitrogens with two attached hydrogens (primary N) is 1. The summed E-state index contributed by atoms with van der Waals surface area (Å²) in [7, 11) is 0. The van der Waals surface area contributed by atoms with Crippen molar-refractivity contribution in [3.05, 3.63) is 5.56 Å². The summed E-state index contributed by atoms with van der Waals surface area (Å²) in [4.78, 5) is 0. The van der Waals surface area contributed by atoms with Gasteiger partial charge in [0.05, 0.1) is 0 Å². The number of nitriles is 1. The van der Waals surface area contributed by atoms with Crippen molar-refractivity contribution in [1.29, 1.82) is 5.26 Å². The van der Waals surface area contributed by atoms with E-state index in [1.807, 2.05) is 11.8 Å². The van der Waals surface area contributed by atoms with E-state index < -0.39 is 0 Å². The molecule has 3 N–H and O–H groups in total. The van der Waals surface area contributed by atoms with E-state index in [0.29, 0.717) is 11.4 Å². The van der Waals surface area contributed by atoms with Crippen LogP contribution in [0.4, 0.5) is 10.8 Å². The third-order valence-electron chi connectivity index (χ3n) is 2.39. The lowest BCUT2D eigenvalue weighted by molar-refractivity contribution is 0.689. The fourth-order valence-corrected chi connectivity index (χ4v) is 2.64. The number of hydrogen-bond acceptors (Lipinski definition) is 6. The first kappa shape index (κ1) is 14.1. The zero-order valence-electron chi connectivity index (χ0n) is 10.0. The number of thioether (sulfide) groups is 1. The van der Waals surface area contributed by atoms with E-state index in [1.54, 1.807) is 0 Å². The molecule has 6 heteroatoms. The Kier molecular flexibility index (Phi) is 6.82. The van der Waals surface area contributed by atoms with Crippen LogP contribution in [0.3, 0.4) is 0 Å². The molecule has 0 atom stereocenters. The van der Waals surface area contributed by atoms with E-state index in [1.165, 1.54) is 36.5 Å². The van der Waals surface area contributed by atoms with Crippen molar-refractivity contribution in [3.8, 4) is 6.07 Å². The van der Waals surface area contributed by atoms with Crippen LogP contribution in [-0.4, -0.2) is 22.9 Å². The van der Waals surface area contributed by atoms with Gasteiger partial charge in [0.25, 0.3) is 0 Å². The SMILES string of the molecule is CSCCCCCCNc1snc(N)c1C#N. The largest absolute Gasteiger partial charge is 0.382 e. The quantitative estimate of drug-likeness (QED) is 0.710. The summed E-state index contributed by atoms with van der Waals surface area (Å²) in [5.74, 6) is 1.58. The Morgan fingerprint density at radius 1 is 1.41 bits per heavy atom. The van der Waals surface area contributed by atoms with E-state index in [4.69, 9.17) is 11.0 Å². The van der Waals surface area contributed by atoms with Gasteiger partial charge in [-0.05, 0) is 36.4 Å². The van der Waals surface area contributed by atoms with E-state index in [2.05, 4.69) is 22.0 Å². The maximum absolute atomic E-state index is 8.88. The zero-order chi connectivity index (χ0) is 12.5. The summed E-state index contributed by atoms with van der Waals surface area (Å²) in [6.45, 7) is 0.885. The third-order valence-corrected chi connectivity index (χ3v) is 3.91. The van der Waals surface area contributed by atoms with Crippen LogP contribution in [0.15, 0.2) is 0 Å². The Hall–Kier alpha value is -0.930. The molecule has 0 radical (unpaired) electrons. The van der Waals surface area contributed by atoms with E-state index >= 15 is 0 Å². The summed E-state index contributed by atoms with van der Waals surface area (Å²) in [6, 6.07) is 2.07. The fourth-order valence-electron chi connectivity index (χ4n) is 1.46. The van der Waals surface area contributed by atoms with Gasteiger partial charge in [-0.25, -0.2) is 0 Å². The van der Waals surface area contributed by atoms with Crippen LogP contribution >= 0.6 is 23.3 Å². The highest BCUT2D eigenvalue weighted by Gasteiger charge is 2.09. The molecule has 17 heavy (non-hydrogen) atoms. The van der Waals surface area contributed by atoms with Gasteiger partial charge >= 0.3 is 0 Å². The summed E-state index contributed by atoms with van der Waals surface area (Å²) in [5, 5.41) is 12.9. The number of nitrogens with one attached hydrogen (secondary N) is 1. The van der Waals surface area contributed by atoms with Gasteiger partial charge in [0.15, 0.2) is 5.82 Å². The molecule has 0 aliphatic rings. The summed E-state index contributed by atoms with van der Waals surface area (Å²) < 4.78 is 3.96. The third kappa shape index (κ3) is 4.84. The Labute approximate surface area is 111 Å². The first-order valence-corrected chi connectivity index (χ1v) is 7.84. The van der Waals surface area contributed by atoms with E-state index in [0.717, 1.165) is 18.0 Å².